The predicted octanol–water partition coefficient (Wildman–Crippen LogP) is 1.39. The normalized spacial score (nSPS) is 15.3. The Bertz CT molecular complexity index is 338. The molecule has 0 spiro atoms. The van der Waals surface area contributed by atoms with Gasteiger partial charge in [0.15, 0.2) is 11.6 Å². The summed E-state index contributed by atoms with van der Waals surface area (Å²) in [6, 6.07) is 0.439. The van der Waals surface area contributed by atoms with Crippen molar-refractivity contribution < 1.29 is 4.74 Å². The zero-order valence-electron chi connectivity index (χ0n) is 8.82. The van der Waals surface area contributed by atoms with Crippen LogP contribution in [0.25, 0.3) is 0 Å². The van der Waals surface area contributed by atoms with Crippen molar-refractivity contribution in [2.75, 3.05) is 18.1 Å². The number of rotatable bonds is 1. The third-order valence-electron chi connectivity index (χ3n) is 2.44. The highest BCUT2D eigenvalue weighted by Gasteiger charge is 2.23. The van der Waals surface area contributed by atoms with Gasteiger partial charge in [0, 0.05) is 11.6 Å². The molecular formula is C10H15N3O. The Kier molecular flexibility index (Phi) is 2.27. The molecule has 4 heteroatoms. The molecule has 1 aromatic heterocycles. The van der Waals surface area contributed by atoms with Crippen molar-refractivity contribution in [2.24, 2.45) is 0 Å². The van der Waals surface area contributed by atoms with Gasteiger partial charge in [0.1, 0.15) is 6.61 Å². The molecule has 0 unspecified atom stereocenters. The first-order valence-corrected chi connectivity index (χ1v) is 4.92. The lowest BCUT2D eigenvalue weighted by atomic mass is 10.2. The SMILES string of the molecule is Cc1cnnc2c1OCCN2C(C)C. The molecule has 2 rings (SSSR count). The number of fused-ring (bicyclic) bond motifs is 1. The minimum Gasteiger partial charge on any atom is -0.487 e. The summed E-state index contributed by atoms with van der Waals surface area (Å²) in [6.07, 6.45) is 1.74. The summed E-state index contributed by atoms with van der Waals surface area (Å²) in [5.74, 6) is 1.77. The molecule has 1 aliphatic heterocycles. The molecule has 0 radical (unpaired) electrons. The number of hydrogen-bond acceptors (Lipinski definition) is 4. The topological polar surface area (TPSA) is 38.3 Å². The van der Waals surface area contributed by atoms with Crippen LogP contribution in [-0.2, 0) is 0 Å². The lowest BCUT2D eigenvalue weighted by Gasteiger charge is -2.33. The summed E-state index contributed by atoms with van der Waals surface area (Å²) in [5.41, 5.74) is 1.06. The molecule has 0 atom stereocenters. The van der Waals surface area contributed by atoms with Crippen molar-refractivity contribution in [1.82, 2.24) is 10.2 Å². The fraction of sp³-hybridized carbons (Fsp3) is 0.600. The second-order valence-electron chi connectivity index (χ2n) is 3.82. The minimum absolute atomic E-state index is 0.439. The molecule has 0 N–H and O–H groups in total. The monoisotopic (exact) mass is 193 g/mol. The number of nitrogens with zero attached hydrogens (tertiary/aromatic N) is 3. The highest BCUT2D eigenvalue weighted by Crippen LogP contribution is 2.32. The van der Waals surface area contributed by atoms with Gasteiger partial charge in [0.2, 0.25) is 0 Å². The van der Waals surface area contributed by atoms with E-state index in [4.69, 9.17) is 4.74 Å². The average molecular weight is 193 g/mol. The molecule has 0 fully saturated rings. The Morgan fingerprint density at radius 3 is 3.00 bits per heavy atom. The standard InChI is InChI=1S/C10H15N3O/c1-7(2)13-4-5-14-9-8(3)6-11-12-10(9)13/h6-7H,4-5H2,1-3H3. The Morgan fingerprint density at radius 1 is 1.50 bits per heavy atom. The molecule has 1 aliphatic rings. The van der Waals surface area contributed by atoms with E-state index in [1.54, 1.807) is 6.20 Å². The molecular weight excluding hydrogens is 178 g/mol. The molecule has 0 saturated heterocycles. The van der Waals surface area contributed by atoms with Crippen LogP contribution in [0.2, 0.25) is 0 Å². The first kappa shape index (κ1) is 9.24. The van der Waals surface area contributed by atoms with E-state index < -0.39 is 0 Å². The molecule has 76 valence electrons. The van der Waals surface area contributed by atoms with Gasteiger partial charge < -0.3 is 9.64 Å². The minimum atomic E-state index is 0.439. The van der Waals surface area contributed by atoms with Gasteiger partial charge in [0.25, 0.3) is 0 Å². The molecule has 1 aromatic rings. The van der Waals surface area contributed by atoms with Crippen LogP contribution in [0, 0.1) is 6.92 Å². The molecule has 0 amide bonds. The van der Waals surface area contributed by atoms with Gasteiger partial charge in [-0.05, 0) is 20.8 Å². The predicted molar refractivity (Wildman–Crippen MR) is 54.7 cm³/mol. The smallest absolute Gasteiger partial charge is 0.194 e. The maximum atomic E-state index is 5.59. The van der Waals surface area contributed by atoms with Crippen LogP contribution in [0.5, 0.6) is 5.75 Å². The number of aryl methyl sites for hydroxylation is 1. The van der Waals surface area contributed by atoms with Crippen LogP contribution >= 0.6 is 0 Å². The van der Waals surface area contributed by atoms with Crippen LogP contribution in [0.3, 0.4) is 0 Å². The third-order valence-corrected chi connectivity index (χ3v) is 2.44. The van der Waals surface area contributed by atoms with Crippen LogP contribution in [0.4, 0.5) is 5.82 Å². The van der Waals surface area contributed by atoms with Crippen molar-refractivity contribution in [1.29, 1.82) is 0 Å². The molecule has 0 aliphatic carbocycles. The van der Waals surface area contributed by atoms with Crippen molar-refractivity contribution in [3.8, 4) is 5.75 Å². The zero-order chi connectivity index (χ0) is 10.1. The number of aromatic nitrogens is 2. The van der Waals surface area contributed by atoms with Gasteiger partial charge in [-0.3, -0.25) is 0 Å². The van der Waals surface area contributed by atoms with E-state index in [-0.39, 0.29) is 0 Å². The van der Waals surface area contributed by atoms with Crippen molar-refractivity contribution >= 4 is 5.82 Å². The number of hydrogen-bond donors (Lipinski definition) is 0. The van der Waals surface area contributed by atoms with E-state index in [0.29, 0.717) is 6.04 Å². The van der Waals surface area contributed by atoms with Gasteiger partial charge in [-0.15, -0.1) is 5.10 Å². The van der Waals surface area contributed by atoms with Gasteiger partial charge in [-0.2, -0.15) is 5.10 Å². The Balaban J connectivity index is 2.44. The van der Waals surface area contributed by atoms with E-state index in [0.717, 1.165) is 30.3 Å². The summed E-state index contributed by atoms with van der Waals surface area (Å²) in [5, 5.41) is 8.09. The maximum Gasteiger partial charge on any atom is 0.194 e. The summed E-state index contributed by atoms with van der Waals surface area (Å²) >= 11 is 0. The van der Waals surface area contributed by atoms with Crippen LogP contribution in [-0.4, -0.2) is 29.4 Å². The van der Waals surface area contributed by atoms with Gasteiger partial charge >= 0.3 is 0 Å². The Labute approximate surface area is 83.9 Å². The quantitative estimate of drug-likeness (QED) is 0.675. The number of ether oxygens (including phenoxy) is 1. The fourth-order valence-electron chi connectivity index (χ4n) is 1.67. The van der Waals surface area contributed by atoms with Crippen LogP contribution in [0.15, 0.2) is 6.20 Å². The fourth-order valence-corrected chi connectivity index (χ4v) is 1.67. The maximum absolute atomic E-state index is 5.59. The van der Waals surface area contributed by atoms with Crippen LogP contribution < -0.4 is 9.64 Å². The summed E-state index contributed by atoms with van der Waals surface area (Å²) < 4.78 is 5.59. The summed E-state index contributed by atoms with van der Waals surface area (Å²) in [7, 11) is 0. The lowest BCUT2D eigenvalue weighted by Crippen LogP contribution is -2.39. The summed E-state index contributed by atoms with van der Waals surface area (Å²) in [6.45, 7) is 7.93. The van der Waals surface area contributed by atoms with Gasteiger partial charge in [0.05, 0.1) is 12.7 Å². The van der Waals surface area contributed by atoms with Crippen molar-refractivity contribution in [3.63, 3.8) is 0 Å². The zero-order valence-corrected chi connectivity index (χ0v) is 8.82. The first-order valence-electron chi connectivity index (χ1n) is 4.92. The molecule has 2 heterocycles. The van der Waals surface area contributed by atoms with E-state index in [1.165, 1.54) is 0 Å². The van der Waals surface area contributed by atoms with Gasteiger partial charge in [-0.25, -0.2) is 0 Å². The van der Waals surface area contributed by atoms with E-state index >= 15 is 0 Å². The van der Waals surface area contributed by atoms with Gasteiger partial charge in [-0.1, -0.05) is 0 Å². The third kappa shape index (κ3) is 1.41. The Morgan fingerprint density at radius 2 is 2.29 bits per heavy atom. The second-order valence-corrected chi connectivity index (χ2v) is 3.82. The highest BCUT2D eigenvalue weighted by atomic mass is 16.5. The van der Waals surface area contributed by atoms with Crippen molar-refractivity contribution in [3.05, 3.63) is 11.8 Å². The van der Waals surface area contributed by atoms with E-state index in [2.05, 4.69) is 28.9 Å². The molecule has 14 heavy (non-hydrogen) atoms. The van der Waals surface area contributed by atoms with E-state index in [1.807, 2.05) is 6.92 Å². The highest BCUT2D eigenvalue weighted by molar-refractivity contribution is 5.56. The number of anilines is 1. The molecule has 0 aromatic carbocycles. The second kappa shape index (κ2) is 3.44. The van der Waals surface area contributed by atoms with E-state index in [9.17, 15) is 0 Å². The Hall–Kier alpha value is -1.32. The first-order chi connectivity index (χ1) is 6.70. The molecule has 0 bridgehead atoms. The average Bonchev–Trinajstić information content (AvgIpc) is 2.17. The lowest BCUT2D eigenvalue weighted by molar-refractivity contribution is 0.297. The molecule has 4 nitrogen and oxygen atoms in total. The largest absolute Gasteiger partial charge is 0.487 e. The van der Waals surface area contributed by atoms with Crippen LogP contribution in [0.1, 0.15) is 19.4 Å². The van der Waals surface area contributed by atoms with Crippen molar-refractivity contribution in [2.45, 2.75) is 26.8 Å². The summed E-state index contributed by atoms with van der Waals surface area (Å²) in [4.78, 5) is 2.22. The molecule has 0 saturated carbocycles.